The van der Waals surface area contributed by atoms with Crippen molar-refractivity contribution < 1.29 is 4.79 Å². The van der Waals surface area contributed by atoms with Crippen LogP contribution >= 0.6 is 0 Å². The molecule has 0 aromatic heterocycles. The van der Waals surface area contributed by atoms with Crippen LogP contribution in [-0.4, -0.2) is 31.6 Å². The first-order chi connectivity index (χ1) is 9.50. The Morgan fingerprint density at radius 3 is 2.55 bits per heavy atom. The first kappa shape index (κ1) is 14.9. The zero-order chi connectivity index (χ0) is 14.8. The second-order valence-corrected chi connectivity index (χ2v) is 5.81. The Kier molecular flexibility index (Phi) is 4.33. The summed E-state index contributed by atoms with van der Waals surface area (Å²) in [4.78, 5) is 14.2. The van der Waals surface area contributed by atoms with Crippen molar-refractivity contribution in [3.63, 3.8) is 0 Å². The van der Waals surface area contributed by atoms with Gasteiger partial charge in [-0.2, -0.15) is 0 Å². The van der Waals surface area contributed by atoms with Crippen LogP contribution in [0.4, 0.5) is 5.69 Å². The molecule has 2 N–H and O–H groups in total. The summed E-state index contributed by atoms with van der Waals surface area (Å²) in [6.45, 7) is 7.67. The molecule has 0 radical (unpaired) electrons. The fraction of sp³-hybridized carbons (Fsp3) is 0.562. The largest absolute Gasteiger partial charge is 0.356 e. The fourth-order valence-corrected chi connectivity index (χ4v) is 2.84. The van der Waals surface area contributed by atoms with Crippen LogP contribution in [0.3, 0.4) is 0 Å². The topological polar surface area (TPSA) is 44.4 Å². The molecule has 0 bridgehead atoms. The molecule has 1 aromatic rings. The molecule has 110 valence electrons. The first-order valence-electron chi connectivity index (χ1n) is 7.34. The standard InChI is InChI=1S/C16H25N3O/c1-5-14(17-4)12-6-8-13(9-7-12)19-11-10-18-15(20)16(19,2)3/h6-9,14,17H,5,10-11H2,1-4H3,(H,18,20). The van der Waals surface area contributed by atoms with Crippen molar-refractivity contribution in [3.05, 3.63) is 29.8 Å². The van der Waals surface area contributed by atoms with E-state index in [1.54, 1.807) is 0 Å². The van der Waals surface area contributed by atoms with E-state index in [-0.39, 0.29) is 5.91 Å². The van der Waals surface area contributed by atoms with Crippen LogP contribution in [0.2, 0.25) is 0 Å². The van der Waals surface area contributed by atoms with Crippen molar-refractivity contribution in [3.8, 4) is 0 Å². The molecule has 20 heavy (non-hydrogen) atoms. The zero-order valence-corrected chi connectivity index (χ0v) is 12.9. The van der Waals surface area contributed by atoms with Gasteiger partial charge in [0.2, 0.25) is 5.91 Å². The summed E-state index contributed by atoms with van der Waals surface area (Å²) in [5, 5.41) is 6.24. The van der Waals surface area contributed by atoms with E-state index in [1.807, 2.05) is 20.9 Å². The van der Waals surface area contributed by atoms with E-state index in [4.69, 9.17) is 0 Å². The number of hydrogen-bond donors (Lipinski definition) is 2. The van der Waals surface area contributed by atoms with Crippen LogP contribution < -0.4 is 15.5 Å². The lowest BCUT2D eigenvalue weighted by molar-refractivity contribution is -0.126. The smallest absolute Gasteiger partial charge is 0.245 e. The van der Waals surface area contributed by atoms with Crippen molar-refractivity contribution in [2.75, 3.05) is 25.0 Å². The number of carbonyl (C=O) groups is 1. The minimum absolute atomic E-state index is 0.0921. The number of carbonyl (C=O) groups excluding carboxylic acids is 1. The van der Waals surface area contributed by atoms with Crippen LogP contribution in [0.5, 0.6) is 0 Å². The second-order valence-electron chi connectivity index (χ2n) is 5.81. The van der Waals surface area contributed by atoms with Gasteiger partial charge in [0.1, 0.15) is 5.54 Å². The van der Waals surface area contributed by atoms with Crippen molar-refractivity contribution >= 4 is 11.6 Å². The van der Waals surface area contributed by atoms with Crippen LogP contribution in [0.15, 0.2) is 24.3 Å². The molecule has 0 saturated carbocycles. The molecule has 1 aliphatic heterocycles. The number of amides is 1. The van der Waals surface area contributed by atoms with E-state index in [2.05, 4.69) is 46.7 Å². The molecular formula is C16H25N3O. The maximum atomic E-state index is 12.0. The van der Waals surface area contributed by atoms with Crippen LogP contribution in [0.1, 0.15) is 38.8 Å². The molecule has 0 aliphatic carbocycles. The highest BCUT2D eigenvalue weighted by molar-refractivity contribution is 5.90. The number of anilines is 1. The number of nitrogens with one attached hydrogen (secondary N) is 2. The average Bonchev–Trinajstić information content (AvgIpc) is 2.44. The summed E-state index contributed by atoms with van der Waals surface area (Å²) >= 11 is 0. The predicted molar refractivity (Wildman–Crippen MR) is 83.0 cm³/mol. The number of rotatable bonds is 4. The Bertz CT molecular complexity index is 463. The Hall–Kier alpha value is -1.55. The third-order valence-corrected chi connectivity index (χ3v) is 4.22. The van der Waals surface area contributed by atoms with Gasteiger partial charge in [0.25, 0.3) is 0 Å². The highest BCUT2D eigenvalue weighted by Gasteiger charge is 2.37. The normalized spacial score (nSPS) is 19.6. The van der Waals surface area contributed by atoms with Gasteiger partial charge in [-0.05, 0) is 45.0 Å². The third kappa shape index (κ3) is 2.66. The molecular weight excluding hydrogens is 250 g/mol. The van der Waals surface area contributed by atoms with Gasteiger partial charge in [-0.15, -0.1) is 0 Å². The first-order valence-corrected chi connectivity index (χ1v) is 7.34. The van der Waals surface area contributed by atoms with Crippen molar-refractivity contribution in [2.24, 2.45) is 0 Å². The van der Waals surface area contributed by atoms with E-state index in [9.17, 15) is 4.79 Å². The van der Waals surface area contributed by atoms with Crippen LogP contribution in [-0.2, 0) is 4.79 Å². The Labute approximate surface area is 121 Å². The second kappa shape index (κ2) is 5.83. The van der Waals surface area contributed by atoms with Crippen molar-refractivity contribution in [1.29, 1.82) is 0 Å². The summed E-state index contributed by atoms with van der Waals surface area (Å²) in [5.74, 6) is 0.0921. The molecule has 4 heteroatoms. The lowest BCUT2D eigenvalue weighted by Crippen LogP contribution is -2.62. The van der Waals surface area contributed by atoms with Gasteiger partial charge in [-0.25, -0.2) is 0 Å². The molecule has 4 nitrogen and oxygen atoms in total. The summed E-state index contributed by atoms with van der Waals surface area (Å²) in [5.41, 5.74) is 1.91. The van der Waals surface area contributed by atoms with Gasteiger partial charge < -0.3 is 15.5 Å². The highest BCUT2D eigenvalue weighted by atomic mass is 16.2. The number of hydrogen-bond acceptors (Lipinski definition) is 3. The van der Waals surface area contributed by atoms with E-state index >= 15 is 0 Å². The van der Waals surface area contributed by atoms with Crippen LogP contribution in [0.25, 0.3) is 0 Å². The molecule has 1 fully saturated rings. The molecule has 1 amide bonds. The molecule has 1 aliphatic rings. The van der Waals surface area contributed by atoms with E-state index in [0.29, 0.717) is 12.6 Å². The van der Waals surface area contributed by atoms with Gasteiger partial charge in [-0.3, -0.25) is 4.79 Å². The minimum atomic E-state index is -0.493. The van der Waals surface area contributed by atoms with Gasteiger partial charge in [0.05, 0.1) is 0 Å². The molecule has 0 spiro atoms. The maximum Gasteiger partial charge on any atom is 0.245 e. The van der Waals surface area contributed by atoms with E-state index < -0.39 is 5.54 Å². The molecule has 1 atom stereocenters. The maximum absolute atomic E-state index is 12.0. The number of piperazine rings is 1. The quantitative estimate of drug-likeness (QED) is 0.884. The average molecular weight is 275 g/mol. The minimum Gasteiger partial charge on any atom is -0.356 e. The van der Waals surface area contributed by atoms with E-state index in [1.165, 1.54) is 5.56 Å². The lowest BCUT2D eigenvalue weighted by atomic mass is 9.97. The molecule has 1 saturated heterocycles. The number of nitrogens with zero attached hydrogens (tertiary/aromatic N) is 1. The SMILES string of the molecule is CCC(NC)c1ccc(N2CCNC(=O)C2(C)C)cc1. The molecule has 1 aromatic carbocycles. The molecule has 1 unspecified atom stereocenters. The summed E-state index contributed by atoms with van der Waals surface area (Å²) in [7, 11) is 1.99. The summed E-state index contributed by atoms with van der Waals surface area (Å²) < 4.78 is 0. The zero-order valence-electron chi connectivity index (χ0n) is 12.9. The Morgan fingerprint density at radius 1 is 1.35 bits per heavy atom. The van der Waals surface area contributed by atoms with Crippen molar-refractivity contribution in [2.45, 2.75) is 38.8 Å². The Balaban J connectivity index is 2.23. The van der Waals surface area contributed by atoms with E-state index in [0.717, 1.165) is 18.7 Å². The highest BCUT2D eigenvalue weighted by Crippen LogP contribution is 2.27. The van der Waals surface area contributed by atoms with Gasteiger partial charge >= 0.3 is 0 Å². The molecule has 2 rings (SSSR count). The van der Waals surface area contributed by atoms with Crippen LogP contribution in [0, 0.1) is 0 Å². The monoisotopic (exact) mass is 275 g/mol. The Morgan fingerprint density at radius 2 is 2.00 bits per heavy atom. The number of benzene rings is 1. The lowest BCUT2D eigenvalue weighted by Gasteiger charge is -2.43. The molecule has 1 heterocycles. The summed E-state index contributed by atoms with van der Waals surface area (Å²) in [6, 6.07) is 8.94. The van der Waals surface area contributed by atoms with Gasteiger partial charge in [0, 0.05) is 24.8 Å². The third-order valence-electron chi connectivity index (χ3n) is 4.22. The fourth-order valence-electron chi connectivity index (χ4n) is 2.84. The van der Waals surface area contributed by atoms with Gasteiger partial charge in [-0.1, -0.05) is 19.1 Å². The summed E-state index contributed by atoms with van der Waals surface area (Å²) in [6.07, 6.45) is 1.06. The predicted octanol–water partition coefficient (Wildman–Crippen LogP) is 2.07. The van der Waals surface area contributed by atoms with Crippen molar-refractivity contribution in [1.82, 2.24) is 10.6 Å². The van der Waals surface area contributed by atoms with Gasteiger partial charge in [0.15, 0.2) is 0 Å².